The van der Waals surface area contributed by atoms with Gasteiger partial charge in [-0.2, -0.15) is 9.61 Å². The number of hydrogen-bond acceptors (Lipinski definition) is 6. The summed E-state index contributed by atoms with van der Waals surface area (Å²) in [4.78, 5) is 20.6. The Hall–Kier alpha value is -3.47. The molecule has 0 bridgehead atoms. The van der Waals surface area contributed by atoms with Crippen LogP contribution in [0.1, 0.15) is 15.5 Å². The summed E-state index contributed by atoms with van der Waals surface area (Å²) < 4.78 is 43.5. The third-order valence-electron chi connectivity index (χ3n) is 3.84. The largest absolute Gasteiger partial charge is 0.573 e. The van der Waals surface area contributed by atoms with Crippen LogP contribution in [0.4, 0.5) is 19.0 Å². The summed E-state index contributed by atoms with van der Waals surface area (Å²) in [5, 5.41) is 9.35. The van der Waals surface area contributed by atoms with Crippen LogP contribution in [-0.4, -0.2) is 31.9 Å². The second kappa shape index (κ2) is 7.17. The number of anilines is 1. The van der Waals surface area contributed by atoms with Gasteiger partial charge in [0.05, 0.1) is 16.9 Å². The van der Waals surface area contributed by atoms with Crippen molar-refractivity contribution in [2.75, 3.05) is 5.32 Å². The van der Waals surface area contributed by atoms with Crippen molar-refractivity contribution in [3.05, 3.63) is 58.7 Å². The SMILES string of the molecule is Cc1nc(C(=O)Nc2cnc3ccc(-c4ccccc4OC(F)(F)F)nn23)cs1. The molecule has 1 aromatic carbocycles. The van der Waals surface area contributed by atoms with E-state index in [1.165, 1.54) is 46.3 Å². The topological polar surface area (TPSA) is 81.4 Å². The number of rotatable bonds is 4. The van der Waals surface area contributed by atoms with Gasteiger partial charge < -0.3 is 10.1 Å². The molecule has 0 fully saturated rings. The summed E-state index contributed by atoms with van der Waals surface area (Å²) in [6.07, 6.45) is -3.43. The van der Waals surface area contributed by atoms with E-state index in [0.717, 1.165) is 5.01 Å². The zero-order chi connectivity index (χ0) is 20.6. The van der Waals surface area contributed by atoms with Gasteiger partial charge in [-0.1, -0.05) is 12.1 Å². The molecule has 0 radical (unpaired) electrons. The fourth-order valence-electron chi connectivity index (χ4n) is 2.64. The zero-order valence-electron chi connectivity index (χ0n) is 14.8. The average Bonchev–Trinajstić information content (AvgIpc) is 3.27. The molecule has 4 aromatic rings. The number of hydrogen-bond donors (Lipinski definition) is 1. The lowest BCUT2D eigenvalue weighted by Crippen LogP contribution is -2.17. The number of carbonyl (C=O) groups is 1. The molecule has 1 amide bonds. The molecule has 0 aliphatic carbocycles. The van der Waals surface area contributed by atoms with Crippen LogP contribution < -0.4 is 10.1 Å². The molecule has 0 unspecified atom stereocenters. The second-order valence-corrected chi connectivity index (χ2v) is 6.94. The van der Waals surface area contributed by atoms with Gasteiger partial charge in [0.25, 0.3) is 5.91 Å². The highest BCUT2D eigenvalue weighted by Crippen LogP contribution is 2.32. The number of benzene rings is 1. The molecule has 0 saturated heterocycles. The lowest BCUT2D eigenvalue weighted by Gasteiger charge is -2.13. The molecule has 29 heavy (non-hydrogen) atoms. The van der Waals surface area contributed by atoms with Crippen molar-refractivity contribution in [2.24, 2.45) is 0 Å². The van der Waals surface area contributed by atoms with E-state index in [0.29, 0.717) is 5.65 Å². The van der Waals surface area contributed by atoms with E-state index in [2.05, 4.69) is 25.1 Å². The van der Waals surface area contributed by atoms with E-state index in [1.54, 1.807) is 24.4 Å². The minimum atomic E-state index is -4.83. The first kappa shape index (κ1) is 18.9. The molecule has 7 nitrogen and oxygen atoms in total. The van der Waals surface area contributed by atoms with Gasteiger partial charge in [0.1, 0.15) is 11.4 Å². The monoisotopic (exact) mass is 419 g/mol. The second-order valence-electron chi connectivity index (χ2n) is 5.88. The normalized spacial score (nSPS) is 11.6. The molecular formula is C18H12F3N5O2S. The molecule has 0 aliphatic heterocycles. The van der Waals surface area contributed by atoms with Crippen molar-refractivity contribution in [3.63, 3.8) is 0 Å². The molecule has 3 aromatic heterocycles. The smallest absolute Gasteiger partial charge is 0.405 e. The maximum atomic E-state index is 12.7. The van der Waals surface area contributed by atoms with E-state index >= 15 is 0 Å². The van der Waals surface area contributed by atoms with E-state index in [4.69, 9.17) is 0 Å². The summed E-state index contributed by atoms with van der Waals surface area (Å²) >= 11 is 1.34. The predicted molar refractivity (Wildman–Crippen MR) is 99.9 cm³/mol. The zero-order valence-corrected chi connectivity index (χ0v) is 15.6. The number of ether oxygens (including phenoxy) is 1. The van der Waals surface area contributed by atoms with Crippen LogP contribution in [-0.2, 0) is 0 Å². The van der Waals surface area contributed by atoms with Crippen LogP contribution in [0, 0.1) is 6.92 Å². The van der Waals surface area contributed by atoms with E-state index in [1.807, 2.05) is 0 Å². The van der Waals surface area contributed by atoms with Crippen molar-refractivity contribution in [2.45, 2.75) is 13.3 Å². The molecule has 0 spiro atoms. The first-order chi connectivity index (χ1) is 13.8. The van der Waals surface area contributed by atoms with Gasteiger partial charge >= 0.3 is 6.36 Å². The minimum Gasteiger partial charge on any atom is -0.405 e. The minimum absolute atomic E-state index is 0.146. The van der Waals surface area contributed by atoms with E-state index in [9.17, 15) is 18.0 Å². The number of fused-ring (bicyclic) bond motifs is 1. The molecule has 3 heterocycles. The Labute approximate surface area is 165 Å². The van der Waals surface area contributed by atoms with Gasteiger partial charge in [0.15, 0.2) is 11.5 Å². The molecule has 0 atom stereocenters. The fourth-order valence-corrected chi connectivity index (χ4v) is 3.24. The van der Waals surface area contributed by atoms with Crippen LogP contribution in [0.2, 0.25) is 0 Å². The van der Waals surface area contributed by atoms with Crippen molar-refractivity contribution in [1.29, 1.82) is 0 Å². The highest BCUT2D eigenvalue weighted by molar-refractivity contribution is 7.09. The maximum Gasteiger partial charge on any atom is 0.573 e. The molecule has 11 heteroatoms. The quantitative estimate of drug-likeness (QED) is 0.533. The Morgan fingerprint density at radius 1 is 1.21 bits per heavy atom. The Balaban J connectivity index is 1.70. The van der Waals surface area contributed by atoms with Gasteiger partial charge in [-0.05, 0) is 31.2 Å². The van der Waals surface area contributed by atoms with Crippen LogP contribution >= 0.6 is 11.3 Å². The number of carbonyl (C=O) groups excluding carboxylic acids is 1. The summed E-state index contributed by atoms with van der Waals surface area (Å²) in [6.45, 7) is 1.78. The number of amides is 1. The van der Waals surface area contributed by atoms with Crippen molar-refractivity contribution in [1.82, 2.24) is 19.6 Å². The third kappa shape index (κ3) is 4.04. The van der Waals surface area contributed by atoms with Crippen molar-refractivity contribution < 1.29 is 22.7 Å². The molecule has 1 N–H and O–H groups in total. The van der Waals surface area contributed by atoms with Crippen LogP contribution in [0.3, 0.4) is 0 Å². The van der Waals surface area contributed by atoms with Crippen LogP contribution in [0.5, 0.6) is 5.75 Å². The average molecular weight is 419 g/mol. The Morgan fingerprint density at radius 2 is 2.00 bits per heavy atom. The number of para-hydroxylation sites is 1. The van der Waals surface area contributed by atoms with Crippen LogP contribution in [0.25, 0.3) is 16.9 Å². The summed E-state index contributed by atoms with van der Waals surface area (Å²) in [6, 6.07) is 8.78. The lowest BCUT2D eigenvalue weighted by molar-refractivity contribution is -0.274. The van der Waals surface area contributed by atoms with Gasteiger partial charge in [0.2, 0.25) is 0 Å². The summed E-state index contributed by atoms with van der Waals surface area (Å²) in [5.41, 5.74) is 1.03. The first-order valence-electron chi connectivity index (χ1n) is 8.23. The molecular weight excluding hydrogens is 407 g/mol. The van der Waals surface area contributed by atoms with Crippen molar-refractivity contribution in [3.8, 4) is 17.0 Å². The third-order valence-corrected chi connectivity index (χ3v) is 4.62. The number of aromatic nitrogens is 4. The first-order valence-corrected chi connectivity index (χ1v) is 9.11. The number of thiazole rings is 1. The molecule has 148 valence electrons. The van der Waals surface area contributed by atoms with Gasteiger partial charge in [-0.25, -0.2) is 9.97 Å². The number of imidazole rings is 1. The number of nitrogens with zero attached hydrogens (tertiary/aromatic N) is 4. The van der Waals surface area contributed by atoms with Crippen LogP contribution in [0.15, 0.2) is 48.0 Å². The Bertz CT molecular complexity index is 1200. The molecule has 0 aliphatic rings. The maximum absolute atomic E-state index is 12.7. The lowest BCUT2D eigenvalue weighted by atomic mass is 10.1. The fraction of sp³-hybridized carbons (Fsp3) is 0.111. The van der Waals surface area contributed by atoms with E-state index < -0.39 is 12.3 Å². The number of alkyl halides is 3. The summed E-state index contributed by atoms with van der Waals surface area (Å²) in [7, 11) is 0. The van der Waals surface area contributed by atoms with Gasteiger partial charge in [-0.3, -0.25) is 4.79 Å². The highest BCUT2D eigenvalue weighted by Gasteiger charge is 2.32. The summed E-state index contributed by atoms with van der Waals surface area (Å²) in [5.74, 6) is -0.564. The van der Waals surface area contributed by atoms with Gasteiger partial charge in [-0.15, -0.1) is 24.5 Å². The number of halogens is 3. The number of aryl methyl sites for hydroxylation is 1. The predicted octanol–water partition coefficient (Wildman–Crippen LogP) is 4.31. The van der Waals surface area contributed by atoms with Crippen molar-refractivity contribution >= 4 is 28.7 Å². The molecule has 4 rings (SSSR count). The number of nitrogens with one attached hydrogen (secondary N) is 1. The standard InChI is InChI=1S/C18H12F3N5O2S/c1-10-23-13(9-29-10)17(27)24-16-8-22-15-7-6-12(25-26(15)16)11-4-2-3-5-14(11)28-18(19,20)21/h2-9H,1H3,(H,24,27). The van der Waals surface area contributed by atoms with Gasteiger partial charge in [0, 0.05) is 10.9 Å². The molecule has 0 saturated carbocycles. The highest BCUT2D eigenvalue weighted by atomic mass is 32.1. The van der Waals surface area contributed by atoms with E-state index in [-0.39, 0.29) is 28.5 Å². The Kier molecular flexibility index (Phi) is 4.66. The Morgan fingerprint density at radius 3 is 2.72 bits per heavy atom.